The third kappa shape index (κ3) is 5.05. The number of rotatable bonds is 3. The Hall–Kier alpha value is -1.51. The monoisotopic (exact) mass is 207 g/mol. The molecule has 3 heteroatoms. The van der Waals surface area contributed by atoms with Crippen LogP contribution in [0.15, 0.2) is 35.0 Å². The van der Waals surface area contributed by atoms with Gasteiger partial charge in [0.1, 0.15) is 5.76 Å². The van der Waals surface area contributed by atoms with Crippen LogP contribution in [0, 0.1) is 5.41 Å². The van der Waals surface area contributed by atoms with Crippen molar-refractivity contribution in [1.82, 2.24) is 5.32 Å². The summed E-state index contributed by atoms with van der Waals surface area (Å²) in [4.78, 5) is 11.3. The van der Waals surface area contributed by atoms with Crippen LogP contribution < -0.4 is 5.32 Å². The van der Waals surface area contributed by atoms with E-state index in [1.165, 1.54) is 0 Å². The van der Waals surface area contributed by atoms with E-state index in [0.29, 0.717) is 6.54 Å². The van der Waals surface area contributed by atoms with Gasteiger partial charge in [-0.3, -0.25) is 4.79 Å². The van der Waals surface area contributed by atoms with Gasteiger partial charge in [-0.05, 0) is 23.6 Å². The molecule has 0 unspecified atom stereocenters. The summed E-state index contributed by atoms with van der Waals surface area (Å²) in [6, 6.07) is 3.63. The van der Waals surface area contributed by atoms with Crippen LogP contribution in [0.3, 0.4) is 0 Å². The van der Waals surface area contributed by atoms with Gasteiger partial charge in [0.25, 0.3) is 0 Å². The zero-order valence-electron chi connectivity index (χ0n) is 9.41. The first-order valence-electron chi connectivity index (χ1n) is 4.97. The lowest BCUT2D eigenvalue weighted by Gasteiger charge is -2.10. The molecule has 1 aromatic heterocycles. The minimum atomic E-state index is -0.0960. The lowest BCUT2D eigenvalue weighted by atomic mass is 9.96. The molecular formula is C12H17NO2. The third-order valence-corrected chi connectivity index (χ3v) is 1.75. The van der Waals surface area contributed by atoms with Crippen molar-refractivity contribution in [2.24, 2.45) is 5.41 Å². The molecule has 1 amide bonds. The maximum Gasteiger partial charge on any atom is 0.244 e. The Kier molecular flexibility index (Phi) is 3.72. The molecule has 0 aromatic carbocycles. The number of hydrogen-bond donors (Lipinski definition) is 1. The largest absolute Gasteiger partial charge is 0.467 e. The van der Waals surface area contributed by atoms with Crippen LogP contribution in [0.1, 0.15) is 26.5 Å². The van der Waals surface area contributed by atoms with E-state index in [1.54, 1.807) is 18.4 Å². The normalized spacial score (nSPS) is 11.9. The fourth-order valence-corrected chi connectivity index (χ4v) is 0.972. The van der Waals surface area contributed by atoms with Gasteiger partial charge in [-0.1, -0.05) is 26.8 Å². The number of carbonyl (C=O) groups excluding carboxylic acids is 1. The molecule has 0 fully saturated rings. The van der Waals surface area contributed by atoms with Crippen molar-refractivity contribution in [3.63, 3.8) is 0 Å². The molecule has 0 aliphatic heterocycles. The van der Waals surface area contributed by atoms with Crippen LogP contribution in [-0.2, 0) is 11.3 Å². The maximum absolute atomic E-state index is 11.3. The van der Waals surface area contributed by atoms with Gasteiger partial charge in [0, 0.05) is 0 Å². The summed E-state index contributed by atoms with van der Waals surface area (Å²) in [5.41, 5.74) is 0.0298. The second kappa shape index (κ2) is 4.82. The second-order valence-corrected chi connectivity index (χ2v) is 4.50. The Bertz CT molecular complexity index is 331. The van der Waals surface area contributed by atoms with Crippen LogP contribution in [-0.4, -0.2) is 5.91 Å². The maximum atomic E-state index is 11.3. The van der Waals surface area contributed by atoms with Crippen LogP contribution in [0.4, 0.5) is 0 Å². The molecule has 1 rings (SSSR count). The van der Waals surface area contributed by atoms with Crippen molar-refractivity contribution in [3.05, 3.63) is 36.3 Å². The van der Waals surface area contributed by atoms with E-state index in [-0.39, 0.29) is 11.3 Å². The first kappa shape index (κ1) is 11.6. The van der Waals surface area contributed by atoms with Crippen LogP contribution in [0.5, 0.6) is 0 Å². The van der Waals surface area contributed by atoms with E-state index in [2.05, 4.69) is 5.32 Å². The Morgan fingerprint density at radius 3 is 2.80 bits per heavy atom. The van der Waals surface area contributed by atoms with Gasteiger partial charge in [0.05, 0.1) is 12.8 Å². The quantitative estimate of drug-likeness (QED) is 0.774. The fourth-order valence-electron chi connectivity index (χ4n) is 0.972. The highest BCUT2D eigenvalue weighted by molar-refractivity contribution is 5.87. The molecular weight excluding hydrogens is 190 g/mol. The van der Waals surface area contributed by atoms with Gasteiger partial charge in [0.15, 0.2) is 0 Å². The highest BCUT2D eigenvalue weighted by Gasteiger charge is 2.05. The topological polar surface area (TPSA) is 42.2 Å². The van der Waals surface area contributed by atoms with Crippen molar-refractivity contribution < 1.29 is 9.21 Å². The summed E-state index contributed by atoms with van der Waals surface area (Å²) in [6.45, 7) is 6.57. The molecule has 0 saturated heterocycles. The van der Waals surface area contributed by atoms with E-state index >= 15 is 0 Å². The van der Waals surface area contributed by atoms with Gasteiger partial charge in [-0.2, -0.15) is 0 Å². The number of nitrogens with one attached hydrogen (secondary N) is 1. The van der Waals surface area contributed by atoms with Crippen molar-refractivity contribution in [3.8, 4) is 0 Å². The fraction of sp³-hybridized carbons (Fsp3) is 0.417. The van der Waals surface area contributed by atoms with Crippen LogP contribution >= 0.6 is 0 Å². The number of allylic oxidation sites excluding steroid dienone is 1. The molecule has 1 heterocycles. The van der Waals surface area contributed by atoms with Gasteiger partial charge in [0.2, 0.25) is 5.91 Å². The Morgan fingerprint density at radius 1 is 1.53 bits per heavy atom. The van der Waals surface area contributed by atoms with Crippen molar-refractivity contribution >= 4 is 5.91 Å². The third-order valence-electron chi connectivity index (χ3n) is 1.75. The average molecular weight is 207 g/mol. The van der Waals surface area contributed by atoms with Crippen molar-refractivity contribution in [1.29, 1.82) is 0 Å². The molecule has 0 radical (unpaired) electrons. The van der Waals surface area contributed by atoms with Crippen molar-refractivity contribution in [2.45, 2.75) is 27.3 Å². The number of carbonyl (C=O) groups is 1. The van der Waals surface area contributed by atoms with Crippen LogP contribution in [0.2, 0.25) is 0 Å². The molecule has 0 aliphatic rings. The van der Waals surface area contributed by atoms with E-state index in [0.717, 1.165) is 5.76 Å². The second-order valence-electron chi connectivity index (χ2n) is 4.50. The first-order valence-corrected chi connectivity index (χ1v) is 4.97. The van der Waals surface area contributed by atoms with E-state index in [4.69, 9.17) is 4.42 Å². The summed E-state index contributed by atoms with van der Waals surface area (Å²) in [6.07, 6.45) is 5.03. The van der Waals surface area contributed by atoms with E-state index in [1.807, 2.05) is 32.9 Å². The lowest BCUT2D eigenvalue weighted by molar-refractivity contribution is -0.116. The van der Waals surface area contributed by atoms with E-state index < -0.39 is 0 Å². The molecule has 3 nitrogen and oxygen atoms in total. The highest BCUT2D eigenvalue weighted by Crippen LogP contribution is 2.13. The summed E-state index contributed by atoms with van der Waals surface area (Å²) in [7, 11) is 0. The van der Waals surface area contributed by atoms with Gasteiger partial charge in [-0.25, -0.2) is 0 Å². The van der Waals surface area contributed by atoms with E-state index in [9.17, 15) is 4.79 Å². The standard InChI is InChI=1S/C12H17NO2/c1-12(2,3)7-6-11(14)13-9-10-5-4-8-15-10/h4-8H,9H2,1-3H3,(H,13,14)/b7-6+. The molecule has 0 spiro atoms. The molecule has 0 atom stereocenters. The number of amides is 1. The Labute approximate surface area is 90.2 Å². The summed E-state index contributed by atoms with van der Waals surface area (Å²) in [5, 5.41) is 2.74. The summed E-state index contributed by atoms with van der Waals surface area (Å²) < 4.78 is 5.09. The zero-order valence-corrected chi connectivity index (χ0v) is 9.41. The Morgan fingerprint density at radius 2 is 2.27 bits per heavy atom. The predicted octanol–water partition coefficient (Wildman–Crippen LogP) is 2.50. The van der Waals surface area contributed by atoms with Gasteiger partial charge < -0.3 is 9.73 Å². The summed E-state index contributed by atoms with van der Waals surface area (Å²) in [5.74, 6) is 0.661. The average Bonchev–Trinajstić information content (AvgIpc) is 2.62. The predicted molar refractivity (Wildman–Crippen MR) is 59.1 cm³/mol. The Balaban J connectivity index is 2.34. The van der Waals surface area contributed by atoms with Gasteiger partial charge in [-0.15, -0.1) is 0 Å². The van der Waals surface area contributed by atoms with Crippen LogP contribution in [0.25, 0.3) is 0 Å². The van der Waals surface area contributed by atoms with Crippen molar-refractivity contribution in [2.75, 3.05) is 0 Å². The first-order chi connectivity index (χ1) is 6.97. The summed E-state index contributed by atoms with van der Waals surface area (Å²) >= 11 is 0. The molecule has 0 aliphatic carbocycles. The number of furan rings is 1. The highest BCUT2D eigenvalue weighted by atomic mass is 16.3. The molecule has 0 saturated carbocycles. The smallest absolute Gasteiger partial charge is 0.244 e. The number of hydrogen-bond acceptors (Lipinski definition) is 2. The molecule has 15 heavy (non-hydrogen) atoms. The zero-order chi connectivity index (χ0) is 11.3. The lowest BCUT2D eigenvalue weighted by Crippen LogP contribution is -2.20. The van der Waals surface area contributed by atoms with Gasteiger partial charge >= 0.3 is 0 Å². The molecule has 1 N–H and O–H groups in total. The minimum Gasteiger partial charge on any atom is -0.467 e. The molecule has 1 aromatic rings. The molecule has 0 bridgehead atoms. The molecule has 82 valence electrons. The SMILES string of the molecule is CC(C)(C)/C=C/C(=O)NCc1ccco1. The minimum absolute atomic E-state index is 0.0298.